The Balaban J connectivity index is 0.000000329. The molecule has 0 atom stereocenters. The highest BCUT2D eigenvalue weighted by Gasteiger charge is 2.61. The first-order valence-corrected chi connectivity index (χ1v) is 10.8. The molecule has 1 saturated heterocycles. The Bertz CT molecular complexity index is 1200. The Kier molecular flexibility index (Phi) is 10.6. The monoisotopic (exact) mass is 648 g/mol. The lowest BCUT2D eigenvalue weighted by Crippen LogP contribution is -2.41. The Morgan fingerprint density at radius 3 is 1.29 bits per heavy atom. The number of hydrogen-bond acceptors (Lipinski definition) is 3. The van der Waals surface area contributed by atoms with Crippen molar-refractivity contribution in [2.75, 3.05) is 27.2 Å². The van der Waals surface area contributed by atoms with Gasteiger partial charge in [-0.15, -0.1) is 0 Å². The largest absolute Gasteiger partial charge is 0.458 e. The van der Waals surface area contributed by atoms with Crippen LogP contribution in [0.4, 0.5) is 70.2 Å². The van der Waals surface area contributed by atoms with Crippen LogP contribution in [0.3, 0.4) is 0 Å². The van der Waals surface area contributed by atoms with Crippen molar-refractivity contribution in [3.63, 3.8) is 0 Å². The first kappa shape index (κ1) is 37.1. The Morgan fingerprint density at radius 2 is 0.976 bits per heavy atom. The standard InChI is InChI=1S/C8H5F8N.C8H5F6NO.C5H10F2N2/c1-17-2-4(5(3-17)7(11,12)13)6(9,10)8(14,15)16;1-15-2-4(6(16)8(12,13)14)5(3-15)7(9,10)11;1-8-3-4-9(2)5(8,6)7/h2-3H,1H3;2-3H,1H3;3-4H2,1-2H3. The molecule has 2 aromatic heterocycles. The second kappa shape index (κ2) is 12.0. The molecule has 5 nitrogen and oxygen atoms in total. The average molecular weight is 648 g/mol. The number of carbonyl (C=O) groups excluding carboxylic acids is 1. The third-order valence-electron chi connectivity index (χ3n) is 5.41. The van der Waals surface area contributed by atoms with Crippen LogP contribution >= 0.6 is 0 Å². The number of nitrogens with zero attached hydrogens (tertiary/aromatic N) is 4. The van der Waals surface area contributed by atoms with Gasteiger partial charge in [0, 0.05) is 52.0 Å². The SMILES string of the molecule is CN1CCN(C)C1(F)F.Cn1cc(C(=O)C(F)(F)F)c(C(F)(F)F)c1.Cn1cc(C(F)(F)F)c(C(F)(F)C(F)(F)F)c1. The summed E-state index contributed by atoms with van der Waals surface area (Å²) in [6, 6.07) is 0. The van der Waals surface area contributed by atoms with Crippen LogP contribution in [0.5, 0.6) is 0 Å². The van der Waals surface area contributed by atoms with Gasteiger partial charge in [-0.25, -0.2) is 9.80 Å². The molecule has 0 aliphatic carbocycles. The molecule has 21 heteroatoms. The number of rotatable bonds is 2. The van der Waals surface area contributed by atoms with Crippen LogP contribution in [-0.2, 0) is 32.4 Å². The molecule has 42 heavy (non-hydrogen) atoms. The molecule has 0 unspecified atom stereocenters. The highest BCUT2D eigenvalue weighted by atomic mass is 19.4. The summed E-state index contributed by atoms with van der Waals surface area (Å²) < 4.78 is 198. The molecule has 242 valence electrons. The summed E-state index contributed by atoms with van der Waals surface area (Å²) in [6.45, 7) is 0.896. The second-order valence-corrected chi connectivity index (χ2v) is 8.75. The lowest BCUT2D eigenvalue weighted by molar-refractivity contribution is -0.291. The smallest absolute Gasteiger partial charge is 0.356 e. The van der Waals surface area contributed by atoms with Crippen LogP contribution < -0.4 is 0 Å². The van der Waals surface area contributed by atoms with Gasteiger partial charge in [0.25, 0.3) is 5.78 Å². The Morgan fingerprint density at radius 1 is 0.619 bits per heavy atom. The molecular formula is C21H20F16N4O. The molecule has 0 saturated carbocycles. The zero-order valence-electron chi connectivity index (χ0n) is 21.5. The minimum absolute atomic E-state index is 0.107. The third kappa shape index (κ3) is 8.54. The summed E-state index contributed by atoms with van der Waals surface area (Å²) in [7, 11) is 4.86. The van der Waals surface area contributed by atoms with Gasteiger partial charge in [-0.1, -0.05) is 0 Å². The fraction of sp³-hybridized carbons (Fsp3) is 0.571. The van der Waals surface area contributed by atoms with Crippen LogP contribution in [-0.4, -0.2) is 70.4 Å². The summed E-state index contributed by atoms with van der Waals surface area (Å²) in [6.07, 6.45) is -23.2. The zero-order valence-corrected chi connectivity index (χ0v) is 21.5. The first-order chi connectivity index (χ1) is 18.5. The van der Waals surface area contributed by atoms with E-state index in [1.54, 1.807) is 0 Å². The van der Waals surface area contributed by atoms with Gasteiger partial charge in [-0.3, -0.25) is 4.79 Å². The summed E-state index contributed by atoms with van der Waals surface area (Å²) in [5, 5.41) is 0. The number of likely N-dealkylation sites (N-methyl/N-ethyl adjacent to an activating group) is 2. The molecule has 3 heterocycles. The van der Waals surface area contributed by atoms with Gasteiger partial charge in [0.2, 0.25) is 0 Å². The van der Waals surface area contributed by atoms with E-state index in [1.807, 2.05) is 0 Å². The molecule has 0 radical (unpaired) electrons. The highest BCUT2D eigenvalue weighted by Crippen LogP contribution is 2.48. The van der Waals surface area contributed by atoms with Crippen molar-refractivity contribution in [2.24, 2.45) is 14.1 Å². The molecule has 0 amide bonds. The molecule has 2 aromatic rings. The second-order valence-electron chi connectivity index (χ2n) is 8.75. The summed E-state index contributed by atoms with van der Waals surface area (Å²) in [4.78, 5) is 12.8. The molecule has 3 rings (SSSR count). The molecule has 0 aromatic carbocycles. The number of alkyl halides is 16. The van der Waals surface area contributed by atoms with E-state index in [1.165, 1.54) is 14.1 Å². The number of carbonyl (C=O) groups is 1. The van der Waals surface area contributed by atoms with Crippen LogP contribution in [0, 0.1) is 0 Å². The predicted octanol–water partition coefficient (Wildman–Crippen LogP) is 6.90. The van der Waals surface area contributed by atoms with Crippen molar-refractivity contribution in [2.45, 2.75) is 36.8 Å². The summed E-state index contributed by atoms with van der Waals surface area (Å²) in [5.74, 6) is -8.04. The number of ketones is 1. The van der Waals surface area contributed by atoms with Crippen molar-refractivity contribution in [3.05, 3.63) is 47.0 Å². The molecule has 0 bridgehead atoms. The van der Waals surface area contributed by atoms with E-state index in [0.29, 0.717) is 30.1 Å². The van der Waals surface area contributed by atoms with Crippen molar-refractivity contribution < 1.29 is 75.0 Å². The lowest BCUT2D eigenvalue weighted by atomic mass is 10.1. The van der Waals surface area contributed by atoms with E-state index in [2.05, 4.69) is 0 Å². The number of Topliss-reactive ketones (excluding diaryl/α,β-unsaturated/α-hetero) is 1. The maximum absolute atomic E-state index is 12.8. The van der Waals surface area contributed by atoms with E-state index in [0.717, 1.165) is 28.5 Å². The predicted molar refractivity (Wildman–Crippen MR) is 111 cm³/mol. The van der Waals surface area contributed by atoms with E-state index in [-0.39, 0.29) is 12.4 Å². The van der Waals surface area contributed by atoms with Gasteiger partial charge in [0.1, 0.15) is 0 Å². The minimum Gasteiger partial charge on any atom is -0.356 e. The van der Waals surface area contributed by atoms with Crippen LogP contribution in [0.15, 0.2) is 24.8 Å². The lowest BCUT2D eigenvalue weighted by Gasteiger charge is -2.22. The van der Waals surface area contributed by atoms with Gasteiger partial charge in [0.05, 0.1) is 22.3 Å². The van der Waals surface area contributed by atoms with Gasteiger partial charge >= 0.3 is 36.8 Å². The van der Waals surface area contributed by atoms with E-state index in [9.17, 15) is 75.0 Å². The molecule has 0 spiro atoms. The molecule has 1 aliphatic rings. The van der Waals surface area contributed by atoms with Crippen LogP contribution in [0.1, 0.15) is 27.0 Å². The van der Waals surface area contributed by atoms with Gasteiger partial charge in [0.15, 0.2) is 0 Å². The number of halogens is 16. The normalized spacial score (nSPS) is 17.0. The molecule has 1 fully saturated rings. The maximum Gasteiger partial charge on any atom is 0.458 e. The third-order valence-corrected chi connectivity index (χ3v) is 5.41. The maximum atomic E-state index is 12.8. The van der Waals surface area contributed by atoms with Crippen LogP contribution in [0.25, 0.3) is 0 Å². The van der Waals surface area contributed by atoms with E-state index >= 15 is 0 Å². The number of aromatic nitrogens is 2. The Labute approximate surface area is 225 Å². The first-order valence-electron chi connectivity index (χ1n) is 10.8. The summed E-state index contributed by atoms with van der Waals surface area (Å²) in [5.41, 5.74) is -7.07. The van der Waals surface area contributed by atoms with Gasteiger partial charge in [-0.05, 0) is 14.1 Å². The van der Waals surface area contributed by atoms with E-state index < -0.39 is 64.8 Å². The van der Waals surface area contributed by atoms with Crippen molar-refractivity contribution in [1.82, 2.24) is 18.9 Å². The number of hydrogen-bond donors (Lipinski definition) is 0. The minimum atomic E-state index is -6.08. The zero-order chi connectivity index (χ0) is 33.4. The van der Waals surface area contributed by atoms with E-state index in [4.69, 9.17) is 0 Å². The van der Waals surface area contributed by atoms with Crippen molar-refractivity contribution in [3.8, 4) is 0 Å². The van der Waals surface area contributed by atoms with Crippen molar-refractivity contribution in [1.29, 1.82) is 0 Å². The topological polar surface area (TPSA) is 33.4 Å². The highest BCUT2D eigenvalue weighted by molar-refractivity contribution is 6.01. The Hall–Kier alpha value is -2.97. The quantitative estimate of drug-likeness (QED) is 0.202. The van der Waals surface area contributed by atoms with Crippen LogP contribution in [0.2, 0.25) is 0 Å². The van der Waals surface area contributed by atoms with Crippen molar-refractivity contribution >= 4 is 5.78 Å². The molecular weight excluding hydrogens is 628 g/mol. The van der Waals surface area contributed by atoms with Gasteiger partial charge in [-0.2, -0.15) is 70.2 Å². The molecule has 0 N–H and O–H groups in total. The summed E-state index contributed by atoms with van der Waals surface area (Å²) >= 11 is 0. The number of aryl methyl sites for hydroxylation is 2. The fourth-order valence-corrected chi connectivity index (χ4v) is 3.22. The molecule has 1 aliphatic heterocycles. The average Bonchev–Trinajstić information content (AvgIpc) is 3.44. The fourth-order valence-electron chi connectivity index (χ4n) is 3.22. The van der Waals surface area contributed by atoms with Gasteiger partial charge < -0.3 is 9.13 Å².